The third-order valence-electron chi connectivity index (χ3n) is 4.95. The molecular weight excluding hydrogens is 240 g/mol. The van der Waals surface area contributed by atoms with E-state index in [1.807, 2.05) is 4.90 Å². The summed E-state index contributed by atoms with van der Waals surface area (Å²) < 4.78 is 0. The predicted octanol–water partition coefficient (Wildman–Crippen LogP) is 0.524. The van der Waals surface area contributed by atoms with Crippen LogP contribution in [-0.4, -0.2) is 56.2 Å². The molecule has 3 N–H and O–H groups in total. The van der Waals surface area contributed by atoms with Gasteiger partial charge in [0, 0.05) is 37.6 Å². The largest absolute Gasteiger partial charge is 0.336 e. The molecule has 3 rings (SSSR count). The molecule has 2 unspecified atom stereocenters. The van der Waals surface area contributed by atoms with Gasteiger partial charge in [-0.05, 0) is 45.2 Å². The Hall–Kier alpha value is -0.810. The number of piperidine rings is 1. The van der Waals surface area contributed by atoms with Crippen LogP contribution in [0.1, 0.15) is 32.1 Å². The summed E-state index contributed by atoms with van der Waals surface area (Å²) in [5, 5.41) is 9.99. The normalized spacial score (nSPS) is 34.9. The van der Waals surface area contributed by atoms with E-state index in [2.05, 4.69) is 16.0 Å². The van der Waals surface area contributed by atoms with Crippen molar-refractivity contribution in [3.05, 3.63) is 0 Å². The van der Waals surface area contributed by atoms with Crippen LogP contribution < -0.4 is 16.0 Å². The summed E-state index contributed by atoms with van der Waals surface area (Å²) >= 11 is 0. The topological polar surface area (TPSA) is 56.4 Å². The fourth-order valence-electron chi connectivity index (χ4n) is 3.74. The molecule has 0 radical (unpaired) electrons. The van der Waals surface area contributed by atoms with Crippen LogP contribution in [0.4, 0.5) is 4.79 Å². The highest BCUT2D eigenvalue weighted by Crippen LogP contribution is 2.36. The van der Waals surface area contributed by atoms with Crippen LogP contribution in [0.2, 0.25) is 0 Å². The Bertz CT molecular complexity index is 321. The summed E-state index contributed by atoms with van der Waals surface area (Å²) in [7, 11) is 0. The third-order valence-corrected chi connectivity index (χ3v) is 4.95. The Morgan fingerprint density at radius 1 is 1.32 bits per heavy atom. The first-order valence-electron chi connectivity index (χ1n) is 7.74. The van der Waals surface area contributed by atoms with Gasteiger partial charge in [0.25, 0.3) is 0 Å². The second-order valence-electron chi connectivity index (χ2n) is 6.43. The molecule has 3 fully saturated rings. The maximum absolute atomic E-state index is 12.2. The van der Waals surface area contributed by atoms with Crippen molar-refractivity contribution in [1.29, 1.82) is 0 Å². The molecule has 0 saturated carbocycles. The SMILES string of the molecule is O=C(NCC1CCCN1)N1CCC2(CCCNC2)C1. The van der Waals surface area contributed by atoms with E-state index in [0.29, 0.717) is 11.5 Å². The van der Waals surface area contributed by atoms with Gasteiger partial charge in [0.1, 0.15) is 0 Å². The van der Waals surface area contributed by atoms with E-state index in [1.165, 1.54) is 25.7 Å². The highest BCUT2D eigenvalue weighted by molar-refractivity contribution is 5.74. The van der Waals surface area contributed by atoms with E-state index in [1.54, 1.807) is 0 Å². The van der Waals surface area contributed by atoms with Gasteiger partial charge in [-0.2, -0.15) is 0 Å². The Labute approximate surface area is 115 Å². The second kappa shape index (κ2) is 5.67. The van der Waals surface area contributed by atoms with E-state index in [9.17, 15) is 4.79 Å². The molecule has 2 atom stereocenters. The molecule has 108 valence electrons. The van der Waals surface area contributed by atoms with Crippen LogP contribution >= 0.6 is 0 Å². The van der Waals surface area contributed by atoms with Gasteiger partial charge in [-0.1, -0.05) is 0 Å². The molecule has 0 bridgehead atoms. The number of nitrogens with one attached hydrogen (secondary N) is 3. The summed E-state index contributed by atoms with van der Waals surface area (Å²) in [6.45, 7) is 5.96. The van der Waals surface area contributed by atoms with Crippen molar-refractivity contribution < 1.29 is 4.79 Å². The zero-order valence-corrected chi connectivity index (χ0v) is 11.7. The number of hydrogen-bond donors (Lipinski definition) is 3. The maximum atomic E-state index is 12.2. The second-order valence-corrected chi connectivity index (χ2v) is 6.43. The zero-order valence-electron chi connectivity index (χ0n) is 11.7. The molecule has 19 heavy (non-hydrogen) atoms. The van der Waals surface area contributed by atoms with Crippen molar-refractivity contribution in [1.82, 2.24) is 20.9 Å². The molecule has 3 aliphatic heterocycles. The Morgan fingerprint density at radius 2 is 2.26 bits per heavy atom. The van der Waals surface area contributed by atoms with Gasteiger partial charge in [0.15, 0.2) is 0 Å². The summed E-state index contributed by atoms with van der Waals surface area (Å²) in [6, 6.07) is 0.619. The van der Waals surface area contributed by atoms with Gasteiger partial charge in [0.05, 0.1) is 0 Å². The van der Waals surface area contributed by atoms with Crippen LogP contribution in [-0.2, 0) is 0 Å². The molecule has 0 aromatic heterocycles. The number of amides is 2. The molecule has 5 heteroatoms. The molecule has 3 aliphatic rings. The highest BCUT2D eigenvalue weighted by Gasteiger charge is 2.40. The first-order chi connectivity index (χ1) is 9.27. The Morgan fingerprint density at radius 3 is 3.00 bits per heavy atom. The van der Waals surface area contributed by atoms with Crippen LogP contribution in [0.5, 0.6) is 0 Å². The summed E-state index contributed by atoms with van der Waals surface area (Å²) in [5.74, 6) is 0. The van der Waals surface area contributed by atoms with Crippen molar-refractivity contribution in [2.45, 2.75) is 38.1 Å². The quantitative estimate of drug-likeness (QED) is 0.683. The van der Waals surface area contributed by atoms with Crippen molar-refractivity contribution >= 4 is 6.03 Å². The Balaban J connectivity index is 1.45. The first-order valence-corrected chi connectivity index (χ1v) is 7.74. The number of likely N-dealkylation sites (tertiary alicyclic amines) is 1. The number of urea groups is 1. The van der Waals surface area contributed by atoms with Gasteiger partial charge >= 0.3 is 6.03 Å². The zero-order chi connectivity index (χ0) is 13.1. The van der Waals surface area contributed by atoms with Gasteiger partial charge in [-0.3, -0.25) is 0 Å². The smallest absolute Gasteiger partial charge is 0.317 e. The van der Waals surface area contributed by atoms with Crippen LogP contribution in [0.25, 0.3) is 0 Å². The number of carbonyl (C=O) groups is 1. The lowest BCUT2D eigenvalue weighted by molar-refractivity contribution is 0.185. The molecule has 0 aromatic rings. The van der Waals surface area contributed by atoms with E-state index < -0.39 is 0 Å². The van der Waals surface area contributed by atoms with Crippen molar-refractivity contribution in [3.8, 4) is 0 Å². The van der Waals surface area contributed by atoms with Gasteiger partial charge < -0.3 is 20.9 Å². The maximum Gasteiger partial charge on any atom is 0.317 e. The Kier molecular flexibility index (Phi) is 3.93. The first kappa shape index (κ1) is 13.2. The highest BCUT2D eigenvalue weighted by atomic mass is 16.2. The molecule has 3 saturated heterocycles. The number of nitrogens with zero attached hydrogens (tertiary/aromatic N) is 1. The van der Waals surface area contributed by atoms with Crippen LogP contribution in [0.15, 0.2) is 0 Å². The molecular formula is C14H26N4O. The number of carbonyl (C=O) groups excluding carboxylic acids is 1. The predicted molar refractivity (Wildman–Crippen MR) is 75.2 cm³/mol. The van der Waals surface area contributed by atoms with Crippen LogP contribution in [0, 0.1) is 5.41 Å². The minimum atomic E-state index is 0.135. The lowest BCUT2D eigenvalue weighted by atomic mass is 9.80. The molecule has 2 amide bonds. The summed E-state index contributed by atoms with van der Waals surface area (Å²) in [6.07, 6.45) is 6.11. The fourth-order valence-corrected chi connectivity index (χ4v) is 3.74. The fraction of sp³-hybridized carbons (Fsp3) is 0.929. The minimum Gasteiger partial charge on any atom is -0.336 e. The minimum absolute atomic E-state index is 0.135. The third kappa shape index (κ3) is 3.03. The summed E-state index contributed by atoms with van der Waals surface area (Å²) in [4.78, 5) is 14.2. The monoisotopic (exact) mass is 266 g/mol. The van der Waals surface area contributed by atoms with E-state index >= 15 is 0 Å². The standard InChI is InChI=1S/C14H26N4O/c19-13(17-9-12-3-1-7-16-12)18-8-5-14(11-18)4-2-6-15-10-14/h12,15-16H,1-11H2,(H,17,19). The molecule has 0 aromatic carbocycles. The van der Waals surface area contributed by atoms with Crippen molar-refractivity contribution in [2.75, 3.05) is 39.3 Å². The summed E-state index contributed by atoms with van der Waals surface area (Å²) in [5.41, 5.74) is 0.362. The lowest BCUT2D eigenvalue weighted by Crippen LogP contribution is -2.46. The molecule has 5 nitrogen and oxygen atoms in total. The molecule has 0 aliphatic carbocycles. The van der Waals surface area contributed by atoms with E-state index in [0.717, 1.165) is 45.7 Å². The molecule has 3 heterocycles. The van der Waals surface area contributed by atoms with Gasteiger partial charge in [-0.25, -0.2) is 4.79 Å². The average Bonchev–Trinajstić information content (AvgIpc) is 3.07. The van der Waals surface area contributed by atoms with E-state index in [4.69, 9.17) is 0 Å². The average molecular weight is 266 g/mol. The van der Waals surface area contributed by atoms with E-state index in [-0.39, 0.29) is 6.03 Å². The van der Waals surface area contributed by atoms with Crippen LogP contribution in [0.3, 0.4) is 0 Å². The number of hydrogen-bond acceptors (Lipinski definition) is 3. The number of rotatable bonds is 2. The lowest BCUT2D eigenvalue weighted by Gasteiger charge is -2.33. The molecule has 1 spiro atoms. The van der Waals surface area contributed by atoms with Crippen molar-refractivity contribution in [3.63, 3.8) is 0 Å². The van der Waals surface area contributed by atoms with Gasteiger partial charge in [0.2, 0.25) is 0 Å². The van der Waals surface area contributed by atoms with Crippen molar-refractivity contribution in [2.24, 2.45) is 5.41 Å². The van der Waals surface area contributed by atoms with Gasteiger partial charge in [-0.15, -0.1) is 0 Å².